The highest BCUT2D eigenvalue weighted by Gasteiger charge is 2.20. The third kappa shape index (κ3) is 5.19. The Morgan fingerprint density at radius 1 is 1.12 bits per heavy atom. The number of pyridine rings is 1. The summed E-state index contributed by atoms with van der Waals surface area (Å²) in [5.41, 5.74) is 2.71. The van der Waals surface area contributed by atoms with Gasteiger partial charge in [-0.2, -0.15) is 0 Å². The maximum absolute atomic E-state index is 13.8. The van der Waals surface area contributed by atoms with Gasteiger partial charge in [-0.15, -0.1) is 11.3 Å². The fourth-order valence-electron chi connectivity index (χ4n) is 3.53. The van der Waals surface area contributed by atoms with E-state index in [9.17, 15) is 9.18 Å². The van der Waals surface area contributed by atoms with E-state index in [-0.39, 0.29) is 24.1 Å². The first-order chi connectivity index (χ1) is 15.5. The number of carbonyl (C=O) groups excluding carboxylic acids is 1. The fraction of sp³-hybridized carbons (Fsp3) is 0.333. The van der Waals surface area contributed by atoms with Gasteiger partial charge in [-0.1, -0.05) is 26.0 Å². The van der Waals surface area contributed by atoms with E-state index < -0.39 is 5.82 Å². The van der Waals surface area contributed by atoms with Crippen molar-refractivity contribution in [2.75, 3.05) is 0 Å². The third-order valence-corrected chi connectivity index (χ3v) is 6.60. The van der Waals surface area contributed by atoms with E-state index >= 15 is 0 Å². The standard InChI is InChI=1S/C24H26FN5OS/c1-15(2)23-22(24(31)27-14-19-16(25)8-7-13-26-19)30-21(32-23)12-6-5-11-20-28-17-9-3-4-10-18(17)29-20/h3-4,7-10,13,15H,5-6,11-12,14H2,1-2H3,(H,27,31)(H,28,29). The number of unbranched alkanes of at least 4 members (excludes halogenated alkanes) is 1. The number of aromatic nitrogens is 4. The lowest BCUT2D eigenvalue weighted by Crippen LogP contribution is -2.25. The van der Waals surface area contributed by atoms with Crippen LogP contribution in [0.25, 0.3) is 11.0 Å². The second-order valence-electron chi connectivity index (χ2n) is 8.00. The van der Waals surface area contributed by atoms with Gasteiger partial charge in [-0.25, -0.2) is 14.4 Å². The van der Waals surface area contributed by atoms with E-state index in [0.717, 1.165) is 52.4 Å². The number of H-pyrrole nitrogens is 1. The molecule has 32 heavy (non-hydrogen) atoms. The normalized spacial score (nSPS) is 11.4. The summed E-state index contributed by atoms with van der Waals surface area (Å²) < 4.78 is 13.8. The predicted molar refractivity (Wildman–Crippen MR) is 124 cm³/mol. The van der Waals surface area contributed by atoms with Crippen LogP contribution in [0, 0.1) is 5.82 Å². The summed E-state index contributed by atoms with van der Waals surface area (Å²) in [4.78, 5) is 30.3. The molecule has 0 atom stereocenters. The molecule has 1 amide bonds. The fourth-order valence-corrected chi connectivity index (χ4v) is 4.64. The number of fused-ring (bicyclic) bond motifs is 1. The average Bonchev–Trinajstić information content (AvgIpc) is 3.40. The number of halogens is 1. The molecule has 0 radical (unpaired) electrons. The number of hydrogen-bond donors (Lipinski definition) is 2. The van der Waals surface area contributed by atoms with Crippen molar-refractivity contribution in [3.8, 4) is 0 Å². The highest BCUT2D eigenvalue weighted by Crippen LogP contribution is 2.28. The minimum Gasteiger partial charge on any atom is -0.345 e. The van der Waals surface area contributed by atoms with Crippen LogP contribution in [0.2, 0.25) is 0 Å². The summed E-state index contributed by atoms with van der Waals surface area (Å²) in [7, 11) is 0. The molecule has 0 aliphatic rings. The smallest absolute Gasteiger partial charge is 0.271 e. The average molecular weight is 452 g/mol. The van der Waals surface area contributed by atoms with E-state index in [1.54, 1.807) is 11.3 Å². The van der Waals surface area contributed by atoms with Crippen molar-refractivity contribution < 1.29 is 9.18 Å². The molecule has 6 nitrogen and oxygen atoms in total. The highest BCUT2D eigenvalue weighted by atomic mass is 32.1. The van der Waals surface area contributed by atoms with Crippen LogP contribution in [0.5, 0.6) is 0 Å². The van der Waals surface area contributed by atoms with Crippen LogP contribution in [0.4, 0.5) is 4.39 Å². The third-order valence-electron chi connectivity index (χ3n) is 5.18. The molecule has 3 aromatic heterocycles. The molecule has 2 N–H and O–H groups in total. The van der Waals surface area contributed by atoms with E-state index in [2.05, 4.69) is 25.3 Å². The van der Waals surface area contributed by atoms with Crippen molar-refractivity contribution in [1.82, 2.24) is 25.3 Å². The Morgan fingerprint density at radius 3 is 2.72 bits per heavy atom. The van der Waals surface area contributed by atoms with Crippen LogP contribution in [0.1, 0.15) is 64.5 Å². The Labute approximate surface area is 190 Å². The van der Waals surface area contributed by atoms with Crippen LogP contribution >= 0.6 is 11.3 Å². The lowest BCUT2D eigenvalue weighted by Gasteiger charge is -2.07. The van der Waals surface area contributed by atoms with Gasteiger partial charge < -0.3 is 10.3 Å². The van der Waals surface area contributed by atoms with Gasteiger partial charge in [0.25, 0.3) is 5.91 Å². The van der Waals surface area contributed by atoms with Gasteiger partial charge in [-0.05, 0) is 49.4 Å². The topological polar surface area (TPSA) is 83.6 Å². The van der Waals surface area contributed by atoms with Gasteiger partial charge in [0.1, 0.15) is 17.3 Å². The molecule has 3 heterocycles. The number of rotatable bonds is 9. The molecular formula is C24H26FN5OS. The summed E-state index contributed by atoms with van der Waals surface area (Å²) >= 11 is 1.59. The second kappa shape index (κ2) is 9.99. The molecule has 0 saturated heterocycles. The number of amides is 1. The quantitative estimate of drug-likeness (QED) is 0.344. The summed E-state index contributed by atoms with van der Waals surface area (Å²) in [5, 5.41) is 3.71. The zero-order valence-corrected chi connectivity index (χ0v) is 19.0. The van der Waals surface area contributed by atoms with E-state index in [1.807, 2.05) is 38.1 Å². The SMILES string of the molecule is CC(C)c1sc(CCCCc2nc3ccccc3[nH]2)nc1C(=O)NCc1ncccc1F. The molecule has 1 aromatic carbocycles. The highest BCUT2D eigenvalue weighted by molar-refractivity contribution is 7.12. The molecule has 0 unspecified atom stereocenters. The van der Waals surface area contributed by atoms with Crippen LogP contribution < -0.4 is 5.32 Å². The van der Waals surface area contributed by atoms with Gasteiger partial charge in [-0.3, -0.25) is 9.78 Å². The monoisotopic (exact) mass is 451 g/mol. The van der Waals surface area contributed by atoms with Gasteiger partial charge in [0.2, 0.25) is 0 Å². The number of benzene rings is 1. The van der Waals surface area contributed by atoms with Crippen LogP contribution in [0.3, 0.4) is 0 Å². The predicted octanol–water partition coefficient (Wildman–Crippen LogP) is 5.17. The Balaban J connectivity index is 1.34. The van der Waals surface area contributed by atoms with Gasteiger partial charge in [0.15, 0.2) is 0 Å². The van der Waals surface area contributed by atoms with Crippen molar-refractivity contribution in [3.63, 3.8) is 0 Å². The maximum atomic E-state index is 13.8. The number of para-hydroxylation sites is 2. The number of imidazole rings is 1. The summed E-state index contributed by atoms with van der Waals surface area (Å²) in [5.74, 6) is 0.461. The van der Waals surface area contributed by atoms with Crippen molar-refractivity contribution in [2.24, 2.45) is 0 Å². The molecule has 0 bridgehead atoms. The van der Waals surface area contributed by atoms with Crippen molar-refractivity contribution in [1.29, 1.82) is 0 Å². The van der Waals surface area contributed by atoms with Crippen LogP contribution in [0.15, 0.2) is 42.6 Å². The summed E-state index contributed by atoms with van der Waals surface area (Å²) in [6.45, 7) is 4.13. The van der Waals surface area contributed by atoms with Gasteiger partial charge in [0, 0.05) is 17.5 Å². The molecule has 0 fully saturated rings. The van der Waals surface area contributed by atoms with E-state index in [0.29, 0.717) is 5.69 Å². The Hall–Kier alpha value is -3.13. The first-order valence-corrected chi connectivity index (χ1v) is 11.6. The van der Waals surface area contributed by atoms with E-state index in [1.165, 1.54) is 18.3 Å². The Morgan fingerprint density at radius 2 is 1.94 bits per heavy atom. The van der Waals surface area contributed by atoms with Crippen LogP contribution in [-0.4, -0.2) is 25.8 Å². The molecule has 166 valence electrons. The minimum absolute atomic E-state index is 0.0351. The lowest BCUT2D eigenvalue weighted by atomic mass is 10.1. The molecule has 0 aliphatic heterocycles. The van der Waals surface area contributed by atoms with Crippen molar-refractivity contribution in [2.45, 2.75) is 52.0 Å². The molecule has 8 heteroatoms. The van der Waals surface area contributed by atoms with Gasteiger partial charge >= 0.3 is 0 Å². The molecule has 0 spiro atoms. The largest absolute Gasteiger partial charge is 0.345 e. The minimum atomic E-state index is -0.430. The number of aromatic amines is 1. The number of carbonyl (C=O) groups is 1. The molecule has 0 aliphatic carbocycles. The van der Waals surface area contributed by atoms with E-state index in [4.69, 9.17) is 0 Å². The molecule has 0 saturated carbocycles. The maximum Gasteiger partial charge on any atom is 0.271 e. The zero-order chi connectivity index (χ0) is 22.5. The van der Waals surface area contributed by atoms with Crippen LogP contribution in [-0.2, 0) is 19.4 Å². The number of hydrogen-bond acceptors (Lipinski definition) is 5. The van der Waals surface area contributed by atoms with Gasteiger partial charge in [0.05, 0.1) is 28.3 Å². The first-order valence-electron chi connectivity index (χ1n) is 10.8. The lowest BCUT2D eigenvalue weighted by molar-refractivity contribution is 0.0944. The van der Waals surface area contributed by atoms with Crippen molar-refractivity contribution in [3.05, 3.63) is 75.5 Å². The number of aryl methyl sites for hydroxylation is 2. The molecular weight excluding hydrogens is 425 g/mol. The number of thiazole rings is 1. The Bertz CT molecular complexity index is 1180. The molecule has 4 rings (SSSR count). The number of nitrogens with zero attached hydrogens (tertiary/aromatic N) is 3. The zero-order valence-electron chi connectivity index (χ0n) is 18.2. The van der Waals surface area contributed by atoms with Crippen molar-refractivity contribution >= 4 is 28.3 Å². The number of nitrogens with one attached hydrogen (secondary N) is 2. The summed E-state index contributed by atoms with van der Waals surface area (Å²) in [6, 6.07) is 10.9. The summed E-state index contributed by atoms with van der Waals surface area (Å²) in [6.07, 6.45) is 5.14. The molecule has 4 aromatic rings. The first kappa shape index (κ1) is 22.1. The second-order valence-corrected chi connectivity index (χ2v) is 9.11. The Kier molecular flexibility index (Phi) is 6.90.